The van der Waals surface area contributed by atoms with Crippen molar-refractivity contribution in [3.63, 3.8) is 0 Å². The van der Waals surface area contributed by atoms with Crippen LogP contribution >= 0.6 is 0 Å². The Hall–Kier alpha value is -1.82. The summed E-state index contributed by atoms with van der Waals surface area (Å²) in [5.41, 5.74) is 5.15. The SMILES string of the molecule is CC1=CC2C(=CC=CC=C2c2ccccc2)[C]1. The molecule has 82 valence electrons. The normalized spacial score (nSPS) is 22.4. The Bertz CT molecular complexity index is 539. The third-order valence-corrected chi connectivity index (χ3v) is 3.20. The smallest absolute Gasteiger partial charge is 0.0417 e. The molecule has 0 N–H and O–H groups in total. The minimum absolute atomic E-state index is 0.368. The van der Waals surface area contributed by atoms with Crippen LogP contribution in [0.2, 0.25) is 0 Å². The highest BCUT2D eigenvalue weighted by atomic mass is 14.3. The zero-order valence-corrected chi connectivity index (χ0v) is 9.85. The van der Waals surface area contributed by atoms with Crippen LogP contribution in [0.4, 0.5) is 0 Å². The fourth-order valence-electron chi connectivity index (χ4n) is 2.42. The third-order valence-electron chi connectivity index (χ3n) is 3.20. The minimum atomic E-state index is 0.368. The molecule has 17 heavy (non-hydrogen) atoms. The molecule has 0 nitrogen and oxygen atoms in total. The Morgan fingerprint density at radius 1 is 1.00 bits per heavy atom. The first-order valence-electron chi connectivity index (χ1n) is 5.94. The van der Waals surface area contributed by atoms with Gasteiger partial charge in [-0.15, -0.1) is 0 Å². The predicted molar refractivity (Wildman–Crippen MR) is 72.1 cm³/mol. The van der Waals surface area contributed by atoms with Crippen molar-refractivity contribution in [2.75, 3.05) is 0 Å². The number of allylic oxidation sites excluding steroid dienone is 8. The second-order valence-corrected chi connectivity index (χ2v) is 4.45. The van der Waals surface area contributed by atoms with Gasteiger partial charge in [0.1, 0.15) is 0 Å². The van der Waals surface area contributed by atoms with Crippen LogP contribution < -0.4 is 0 Å². The highest BCUT2D eigenvalue weighted by Gasteiger charge is 2.24. The van der Waals surface area contributed by atoms with Crippen molar-refractivity contribution < 1.29 is 0 Å². The largest absolute Gasteiger partial charge is 0.0730 e. The van der Waals surface area contributed by atoms with E-state index in [-0.39, 0.29) is 0 Å². The molecule has 0 heteroatoms. The van der Waals surface area contributed by atoms with Crippen LogP contribution in [0.25, 0.3) is 5.57 Å². The summed E-state index contributed by atoms with van der Waals surface area (Å²) in [6.45, 7) is 2.11. The summed E-state index contributed by atoms with van der Waals surface area (Å²) < 4.78 is 0. The van der Waals surface area contributed by atoms with Gasteiger partial charge in [0, 0.05) is 12.3 Å². The van der Waals surface area contributed by atoms with Gasteiger partial charge in [0.15, 0.2) is 0 Å². The standard InChI is InChI=1S/C17H14/c1-13-11-15-9-5-6-10-16(17(15)12-13)14-7-3-2-4-8-14/h2-10,12,17H,1H3. The van der Waals surface area contributed by atoms with Gasteiger partial charge in [0.05, 0.1) is 0 Å². The molecule has 0 aliphatic heterocycles. The highest BCUT2D eigenvalue weighted by Crippen LogP contribution is 2.39. The summed E-state index contributed by atoms with van der Waals surface area (Å²) in [6.07, 6.45) is 14.3. The van der Waals surface area contributed by atoms with E-state index in [4.69, 9.17) is 0 Å². The molecule has 2 radical (unpaired) electrons. The molecule has 0 bridgehead atoms. The van der Waals surface area contributed by atoms with E-state index in [0.29, 0.717) is 5.92 Å². The van der Waals surface area contributed by atoms with Crippen LogP contribution in [0.1, 0.15) is 12.5 Å². The first-order valence-corrected chi connectivity index (χ1v) is 5.94. The second-order valence-electron chi connectivity index (χ2n) is 4.45. The van der Waals surface area contributed by atoms with Gasteiger partial charge in [-0.2, -0.15) is 0 Å². The summed E-state index contributed by atoms with van der Waals surface area (Å²) >= 11 is 0. The molecular formula is C17H14. The van der Waals surface area contributed by atoms with E-state index in [1.807, 2.05) is 0 Å². The van der Waals surface area contributed by atoms with Gasteiger partial charge in [-0.1, -0.05) is 66.3 Å². The highest BCUT2D eigenvalue weighted by molar-refractivity contribution is 5.76. The maximum atomic E-state index is 3.43. The predicted octanol–water partition coefficient (Wildman–Crippen LogP) is 4.22. The van der Waals surface area contributed by atoms with Gasteiger partial charge >= 0.3 is 0 Å². The van der Waals surface area contributed by atoms with Crippen LogP contribution in [0, 0.1) is 12.3 Å². The van der Waals surface area contributed by atoms with E-state index in [9.17, 15) is 0 Å². The van der Waals surface area contributed by atoms with E-state index >= 15 is 0 Å². The lowest BCUT2D eigenvalue weighted by Crippen LogP contribution is -1.99. The maximum Gasteiger partial charge on any atom is 0.0417 e. The maximum absolute atomic E-state index is 3.43. The first kappa shape index (κ1) is 10.3. The molecule has 0 aromatic heterocycles. The van der Waals surface area contributed by atoms with E-state index < -0.39 is 0 Å². The third kappa shape index (κ3) is 1.91. The molecule has 3 rings (SSSR count). The second kappa shape index (κ2) is 4.21. The summed E-state index contributed by atoms with van der Waals surface area (Å²) in [4.78, 5) is 0. The topological polar surface area (TPSA) is 0 Å². The Balaban J connectivity index is 2.07. The zero-order valence-electron chi connectivity index (χ0n) is 9.85. The van der Waals surface area contributed by atoms with Crippen LogP contribution in [0.15, 0.2) is 71.9 Å². The fraction of sp³-hybridized carbons (Fsp3) is 0.118. The summed E-state index contributed by atoms with van der Waals surface area (Å²) in [7, 11) is 0. The number of hydrogen-bond acceptors (Lipinski definition) is 0. The molecule has 0 saturated heterocycles. The van der Waals surface area contributed by atoms with Gasteiger partial charge in [0.25, 0.3) is 0 Å². The van der Waals surface area contributed by atoms with Crippen molar-refractivity contribution in [2.45, 2.75) is 6.92 Å². The molecular weight excluding hydrogens is 204 g/mol. The molecule has 2 aliphatic rings. The Kier molecular flexibility index (Phi) is 2.56. The Labute approximate surface area is 103 Å². The molecule has 0 fully saturated rings. The molecule has 0 spiro atoms. The molecule has 1 aromatic carbocycles. The average molecular weight is 218 g/mol. The zero-order chi connectivity index (χ0) is 11.7. The number of benzene rings is 1. The van der Waals surface area contributed by atoms with Crippen molar-refractivity contribution in [3.05, 3.63) is 83.8 Å². The lowest BCUT2D eigenvalue weighted by Gasteiger charge is -2.14. The molecule has 0 heterocycles. The van der Waals surface area contributed by atoms with Crippen LogP contribution in [-0.2, 0) is 0 Å². The first-order chi connectivity index (χ1) is 8.34. The van der Waals surface area contributed by atoms with Gasteiger partial charge < -0.3 is 0 Å². The van der Waals surface area contributed by atoms with Gasteiger partial charge in [-0.3, -0.25) is 0 Å². The summed E-state index contributed by atoms with van der Waals surface area (Å²) in [5, 5.41) is 0. The quantitative estimate of drug-likeness (QED) is 0.662. The minimum Gasteiger partial charge on any atom is -0.0730 e. The van der Waals surface area contributed by atoms with Crippen LogP contribution in [0.3, 0.4) is 0 Å². The van der Waals surface area contributed by atoms with Gasteiger partial charge in [-0.25, -0.2) is 0 Å². The average Bonchev–Trinajstić information content (AvgIpc) is 2.61. The summed E-state index contributed by atoms with van der Waals surface area (Å²) in [6, 6.07) is 10.6. The van der Waals surface area contributed by atoms with Crippen LogP contribution in [0.5, 0.6) is 0 Å². The van der Waals surface area contributed by atoms with E-state index in [1.165, 1.54) is 22.3 Å². The number of fused-ring (bicyclic) bond motifs is 1. The van der Waals surface area contributed by atoms with Crippen molar-refractivity contribution in [1.82, 2.24) is 0 Å². The van der Waals surface area contributed by atoms with E-state index in [1.54, 1.807) is 0 Å². The van der Waals surface area contributed by atoms with Crippen LogP contribution in [-0.4, -0.2) is 0 Å². The molecule has 0 amide bonds. The monoisotopic (exact) mass is 218 g/mol. The van der Waals surface area contributed by atoms with Gasteiger partial charge in [0.2, 0.25) is 0 Å². The van der Waals surface area contributed by atoms with Crippen molar-refractivity contribution >= 4 is 5.57 Å². The Morgan fingerprint density at radius 2 is 1.76 bits per heavy atom. The van der Waals surface area contributed by atoms with Crippen molar-refractivity contribution in [3.8, 4) is 0 Å². The number of rotatable bonds is 1. The van der Waals surface area contributed by atoms with Crippen molar-refractivity contribution in [1.29, 1.82) is 0 Å². The lowest BCUT2D eigenvalue weighted by atomic mass is 9.89. The number of hydrogen-bond donors (Lipinski definition) is 0. The molecule has 1 atom stereocenters. The van der Waals surface area contributed by atoms with Gasteiger partial charge in [-0.05, 0) is 23.6 Å². The van der Waals surface area contributed by atoms with E-state index in [2.05, 4.69) is 74.1 Å². The lowest BCUT2D eigenvalue weighted by molar-refractivity contribution is 1.05. The van der Waals surface area contributed by atoms with E-state index in [0.717, 1.165) is 0 Å². The Morgan fingerprint density at radius 3 is 2.59 bits per heavy atom. The van der Waals surface area contributed by atoms with Crippen molar-refractivity contribution in [2.24, 2.45) is 5.92 Å². The molecule has 0 saturated carbocycles. The molecule has 2 aliphatic carbocycles. The fourth-order valence-corrected chi connectivity index (χ4v) is 2.42. The summed E-state index contributed by atoms with van der Waals surface area (Å²) in [5.74, 6) is 0.368. The molecule has 1 aromatic rings. The molecule has 1 unspecified atom stereocenters.